The van der Waals surface area contributed by atoms with Crippen LogP contribution in [0.1, 0.15) is 45.3 Å². The molecule has 2 heteroatoms. The molecule has 0 radical (unpaired) electrons. The molecule has 102 valence electrons. The lowest BCUT2D eigenvalue weighted by atomic mass is 9.86. The summed E-state index contributed by atoms with van der Waals surface area (Å²) in [5.41, 5.74) is 1.61. The van der Waals surface area contributed by atoms with Gasteiger partial charge in [-0.15, -0.1) is 0 Å². The van der Waals surface area contributed by atoms with Gasteiger partial charge in [0.25, 0.3) is 0 Å². The Kier molecular flexibility index (Phi) is 5.83. The lowest BCUT2D eigenvalue weighted by molar-refractivity contribution is 0.0635. The SMILES string of the molecule is CNC(CCC(C)(C)C)C(OC)c1ccccc1. The Morgan fingerprint density at radius 3 is 2.22 bits per heavy atom. The predicted molar refractivity (Wildman–Crippen MR) is 77.7 cm³/mol. The van der Waals surface area contributed by atoms with Crippen LogP contribution in [0.15, 0.2) is 30.3 Å². The third-order valence-corrected chi connectivity index (χ3v) is 3.32. The van der Waals surface area contributed by atoms with Gasteiger partial charge in [0, 0.05) is 13.2 Å². The first-order chi connectivity index (χ1) is 8.48. The zero-order valence-corrected chi connectivity index (χ0v) is 12.4. The van der Waals surface area contributed by atoms with Crippen LogP contribution >= 0.6 is 0 Å². The van der Waals surface area contributed by atoms with Crippen LogP contribution in [0.2, 0.25) is 0 Å². The molecule has 0 spiro atoms. The molecule has 0 aromatic heterocycles. The van der Waals surface area contributed by atoms with E-state index >= 15 is 0 Å². The van der Waals surface area contributed by atoms with Gasteiger partial charge in [-0.05, 0) is 30.9 Å². The maximum atomic E-state index is 5.69. The van der Waals surface area contributed by atoms with Gasteiger partial charge < -0.3 is 10.1 Å². The summed E-state index contributed by atoms with van der Waals surface area (Å²) in [5, 5.41) is 3.40. The second-order valence-corrected chi connectivity index (χ2v) is 6.06. The highest BCUT2D eigenvalue weighted by Gasteiger charge is 2.23. The molecule has 1 aromatic carbocycles. The number of benzene rings is 1. The first kappa shape index (κ1) is 15.2. The molecule has 1 rings (SSSR count). The Morgan fingerprint density at radius 2 is 1.78 bits per heavy atom. The first-order valence-electron chi connectivity index (χ1n) is 6.73. The van der Waals surface area contributed by atoms with Crippen molar-refractivity contribution in [1.29, 1.82) is 0 Å². The molecule has 0 saturated carbocycles. The Balaban J connectivity index is 2.72. The number of hydrogen-bond acceptors (Lipinski definition) is 2. The number of nitrogens with one attached hydrogen (secondary N) is 1. The molecule has 1 aromatic rings. The van der Waals surface area contributed by atoms with Crippen molar-refractivity contribution in [2.75, 3.05) is 14.2 Å². The molecule has 0 aliphatic heterocycles. The van der Waals surface area contributed by atoms with E-state index in [0.717, 1.165) is 6.42 Å². The van der Waals surface area contributed by atoms with Crippen LogP contribution in [0.25, 0.3) is 0 Å². The molecule has 0 saturated heterocycles. The summed E-state index contributed by atoms with van der Waals surface area (Å²) in [6, 6.07) is 10.8. The third kappa shape index (κ3) is 4.79. The molecule has 0 aliphatic rings. The van der Waals surface area contributed by atoms with E-state index in [-0.39, 0.29) is 6.10 Å². The van der Waals surface area contributed by atoms with Gasteiger partial charge in [0.1, 0.15) is 0 Å². The van der Waals surface area contributed by atoms with Crippen molar-refractivity contribution in [1.82, 2.24) is 5.32 Å². The van der Waals surface area contributed by atoms with E-state index in [1.807, 2.05) is 13.1 Å². The molecule has 1 N–H and O–H groups in total. The normalized spacial score (nSPS) is 15.4. The third-order valence-electron chi connectivity index (χ3n) is 3.32. The molecule has 0 amide bonds. The number of likely N-dealkylation sites (N-methyl/N-ethyl adjacent to an activating group) is 1. The van der Waals surface area contributed by atoms with Gasteiger partial charge in [-0.1, -0.05) is 51.1 Å². The molecular formula is C16H27NO. The molecule has 2 nitrogen and oxygen atoms in total. The average molecular weight is 249 g/mol. The largest absolute Gasteiger partial charge is 0.375 e. The summed E-state index contributed by atoms with van der Waals surface area (Å²) in [7, 11) is 3.81. The van der Waals surface area contributed by atoms with E-state index in [1.165, 1.54) is 12.0 Å². The summed E-state index contributed by atoms with van der Waals surface area (Å²) < 4.78 is 5.69. The fourth-order valence-corrected chi connectivity index (χ4v) is 2.21. The highest BCUT2D eigenvalue weighted by molar-refractivity contribution is 5.19. The van der Waals surface area contributed by atoms with Crippen LogP contribution in [0.4, 0.5) is 0 Å². The van der Waals surface area contributed by atoms with Crippen molar-refractivity contribution in [3.8, 4) is 0 Å². The zero-order valence-electron chi connectivity index (χ0n) is 12.4. The van der Waals surface area contributed by atoms with Crippen LogP contribution in [0, 0.1) is 5.41 Å². The summed E-state index contributed by atoms with van der Waals surface area (Å²) in [5.74, 6) is 0. The molecule has 0 aliphatic carbocycles. The standard InChI is InChI=1S/C16H27NO/c1-16(2,3)12-11-14(17-4)15(18-5)13-9-7-6-8-10-13/h6-10,14-15,17H,11-12H2,1-5H3. The van der Waals surface area contributed by atoms with Crippen LogP contribution < -0.4 is 5.32 Å². The van der Waals surface area contributed by atoms with Gasteiger partial charge in [-0.3, -0.25) is 0 Å². The molecule has 2 unspecified atom stereocenters. The minimum Gasteiger partial charge on any atom is -0.375 e. The van der Waals surface area contributed by atoms with E-state index < -0.39 is 0 Å². The summed E-state index contributed by atoms with van der Waals surface area (Å²) in [4.78, 5) is 0. The fraction of sp³-hybridized carbons (Fsp3) is 0.625. The van der Waals surface area contributed by atoms with Crippen molar-refractivity contribution in [2.45, 2.75) is 45.8 Å². The summed E-state index contributed by atoms with van der Waals surface area (Å²) >= 11 is 0. The second kappa shape index (κ2) is 6.91. The van der Waals surface area contributed by atoms with Gasteiger partial charge in [0.05, 0.1) is 6.10 Å². The molecule has 2 atom stereocenters. The number of rotatable bonds is 6. The van der Waals surface area contributed by atoms with Gasteiger partial charge in [-0.25, -0.2) is 0 Å². The van der Waals surface area contributed by atoms with Crippen LogP contribution in [-0.2, 0) is 4.74 Å². The van der Waals surface area contributed by atoms with Gasteiger partial charge in [-0.2, -0.15) is 0 Å². The highest BCUT2D eigenvalue weighted by Crippen LogP contribution is 2.28. The minimum absolute atomic E-state index is 0.124. The van der Waals surface area contributed by atoms with Crippen LogP contribution in [-0.4, -0.2) is 20.2 Å². The van der Waals surface area contributed by atoms with E-state index in [1.54, 1.807) is 7.11 Å². The molecular weight excluding hydrogens is 222 g/mol. The average Bonchev–Trinajstić information content (AvgIpc) is 2.34. The minimum atomic E-state index is 0.124. The van der Waals surface area contributed by atoms with Gasteiger partial charge in [0.2, 0.25) is 0 Å². The molecule has 0 fully saturated rings. The molecule has 18 heavy (non-hydrogen) atoms. The van der Waals surface area contributed by atoms with E-state index in [4.69, 9.17) is 4.74 Å². The number of ether oxygens (including phenoxy) is 1. The maximum Gasteiger partial charge on any atom is 0.0973 e. The highest BCUT2D eigenvalue weighted by atomic mass is 16.5. The topological polar surface area (TPSA) is 21.3 Å². The van der Waals surface area contributed by atoms with E-state index in [9.17, 15) is 0 Å². The first-order valence-corrected chi connectivity index (χ1v) is 6.73. The monoisotopic (exact) mass is 249 g/mol. The smallest absolute Gasteiger partial charge is 0.0973 e. The summed E-state index contributed by atoms with van der Waals surface area (Å²) in [6.45, 7) is 6.85. The number of hydrogen-bond donors (Lipinski definition) is 1. The predicted octanol–water partition coefficient (Wildman–Crippen LogP) is 3.79. The van der Waals surface area contributed by atoms with E-state index in [0.29, 0.717) is 11.5 Å². The van der Waals surface area contributed by atoms with Crippen molar-refractivity contribution in [3.63, 3.8) is 0 Å². The molecule has 0 heterocycles. The zero-order chi connectivity index (χ0) is 13.6. The van der Waals surface area contributed by atoms with Crippen LogP contribution in [0.3, 0.4) is 0 Å². The van der Waals surface area contributed by atoms with Crippen molar-refractivity contribution < 1.29 is 4.74 Å². The maximum absolute atomic E-state index is 5.69. The van der Waals surface area contributed by atoms with E-state index in [2.05, 4.69) is 50.4 Å². The summed E-state index contributed by atoms with van der Waals surface area (Å²) in [6.07, 6.45) is 2.43. The Labute approximate surface area is 112 Å². The number of methoxy groups -OCH3 is 1. The molecule has 0 bridgehead atoms. The van der Waals surface area contributed by atoms with Gasteiger partial charge >= 0.3 is 0 Å². The fourth-order valence-electron chi connectivity index (χ4n) is 2.21. The van der Waals surface area contributed by atoms with Crippen molar-refractivity contribution >= 4 is 0 Å². The van der Waals surface area contributed by atoms with Crippen LogP contribution in [0.5, 0.6) is 0 Å². The Hall–Kier alpha value is -0.860. The second-order valence-electron chi connectivity index (χ2n) is 6.06. The lowest BCUT2D eigenvalue weighted by Crippen LogP contribution is -2.34. The Bertz CT molecular complexity index is 329. The van der Waals surface area contributed by atoms with Crippen molar-refractivity contribution in [2.24, 2.45) is 5.41 Å². The quantitative estimate of drug-likeness (QED) is 0.828. The van der Waals surface area contributed by atoms with Crippen molar-refractivity contribution in [3.05, 3.63) is 35.9 Å². The van der Waals surface area contributed by atoms with Gasteiger partial charge in [0.15, 0.2) is 0 Å². The lowest BCUT2D eigenvalue weighted by Gasteiger charge is -2.29. The Morgan fingerprint density at radius 1 is 1.17 bits per heavy atom.